The van der Waals surface area contributed by atoms with Gasteiger partial charge in [0.05, 0.1) is 0 Å². The standard InChI is InChI=1S/C14H12O2.C8H7N/c15-13(11-7-3-1-4-8-11)14(16)12-9-5-2-6-10-12;1-2-4-8-7(3-1)5-6-9-8/h1-10,13,15H;1-6,9H. The maximum atomic E-state index is 11.9. The van der Waals surface area contributed by atoms with E-state index in [0.29, 0.717) is 11.1 Å². The lowest BCUT2D eigenvalue weighted by atomic mass is 10.0. The monoisotopic (exact) mass is 329 g/mol. The second-order valence-corrected chi connectivity index (χ2v) is 5.61. The number of fused-ring (bicyclic) bond motifs is 1. The summed E-state index contributed by atoms with van der Waals surface area (Å²) in [6, 6.07) is 28.0. The van der Waals surface area contributed by atoms with Gasteiger partial charge in [-0.25, -0.2) is 0 Å². The zero-order valence-corrected chi connectivity index (χ0v) is 13.7. The number of carbonyl (C=O) groups excluding carboxylic acids is 1. The molecule has 0 radical (unpaired) electrons. The van der Waals surface area contributed by atoms with Crippen LogP contribution >= 0.6 is 0 Å². The van der Waals surface area contributed by atoms with Gasteiger partial charge in [-0.15, -0.1) is 0 Å². The molecule has 0 saturated carbocycles. The van der Waals surface area contributed by atoms with Crippen LogP contribution in [0.2, 0.25) is 0 Å². The molecule has 25 heavy (non-hydrogen) atoms. The van der Waals surface area contributed by atoms with Gasteiger partial charge in [0, 0.05) is 17.3 Å². The van der Waals surface area contributed by atoms with Crippen LogP contribution in [0.15, 0.2) is 97.2 Å². The molecule has 1 aromatic heterocycles. The van der Waals surface area contributed by atoms with Gasteiger partial charge in [0.15, 0.2) is 5.78 Å². The molecule has 0 amide bonds. The molecule has 1 unspecified atom stereocenters. The maximum absolute atomic E-state index is 11.9. The van der Waals surface area contributed by atoms with Crippen molar-refractivity contribution in [2.45, 2.75) is 6.10 Å². The molecular weight excluding hydrogens is 310 g/mol. The normalized spacial score (nSPS) is 11.4. The molecule has 0 aliphatic heterocycles. The molecule has 0 spiro atoms. The van der Waals surface area contributed by atoms with Gasteiger partial charge in [0.25, 0.3) is 0 Å². The quantitative estimate of drug-likeness (QED) is 0.532. The van der Waals surface area contributed by atoms with Crippen molar-refractivity contribution in [3.05, 3.63) is 108 Å². The first kappa shape index (κ1) is 16.7. The van der Waals surface area contributed by atoms with Crippen molar-refractivity contribution in [3.8, 4) is 0 Å². The summed E-state index contributed by atoms with van der Waals surface area (Å²) < 4.78 is 0. The number of aliphatic hydroxyl groups excluding tert-OH is 1. The summed E-state index contributed by atoms with van der Waals surface area (Å²) in [5.74, 6) is -0.271. The Kier molecular flexibility index (Phi) is 5.39. The van der Waals surface area contributed by atoms with Crippen LogP contribution in [-0.4, -0.2) is 15.9 Å². The van der Waals surface area contributed by atoms with Crippen LogP contribution in [0.5, 0.6) is 0 Å². The second-order valence-electron chi connectivity index (χ2n) is 5.61. The van der Waals surface area contributed by atoms with Gasteiger partial charge in [-0.3, -0.25) is 4.79 Å². The minimum absolute atomic E-state index is 0.271. The van der Waals surface area contributed by atoms with Gasteiger partial charge < -0.3 is 10.1 Å². The molecule has 3 heteroatoms. The molecule has 124 valence electrons. The van der Waals surface area contributed by atoms with Crippen LogP contribution in [0.1, 0.15) is 22.0 Å². The molecule has 1 heterocycles. The van der Waals surface area contributed by atoms with E-state index in [1.54, 1.807) is 48.5 Å². The number of ketones is 1. The molecule has 4 rings (SSSR count). The zero-order chi connectivity index (χ0) is 17.5. The van der Waals surface area contributed by atoms with E-state index in [4.69, 9.17) is 0 Å². The van der Waals surface area contributed by atoms with Crippen molar-refractivity contribution in [1.82, 2.24) is 4.98 Å². The number of aromatic nitrogens is 1. The highest BCUT2D eigenvalue weighted by atomic mass is 16.3. The summed E-state index contributed by atoms with van der Waals surface area (Å²) in [7, 11) is 0. The third-order valence-corrected chi connectivity index (χ3v) is 3.88. The second kappa shape index (κ2) is 8.08. The van der Waals surface area contributed by atoms with E-state index in [0.717, 1.165) is 0 Å². The molecule has 0 aliphatic rings. The number of rotatable bonds is 3. The third-order valence-electron chi connectivity index (χ3n) is 3.88. The Morgan fingerprint density at radius 3 is 2.04 bits per heavy atom. The minimum atomic E-state index is -1.08. The lowest BCUT2D eigenvalue weighted by molar-refractivity contribution is 0.0747. The summed E-state index contributed by atoms with van der Waals surface area (Å²) in [4.78, 5) is 15.0. The van der Waals surface area contributed by atoms with Gasteiger partial charge in [0.1, 0.15) is 6.10 Å². The Hall–Kier alpha value is -3.17. The number of hydrogen-bond donors (Lipinski definition) is 2. The Morgan fingerprint density at radius 2 is 1.36 bits per heavy atom. The van der Waals surface area contributed by atoms with E-state index >= 15 is 0 Å². The number of aliphatic hydroxyl groups is 1. The fourth-order valence-electron chi connectivity index (χ4n) is 2.54. The van der Waals surface area contributed by atoms with Crippen LogP contribution in [-0.2, 0) is 0 Å². The number of nitrogens with one attached hydrogen (secondary N) is 1. The van der Waals surface area contributed by atoms with Crippen LogP contribution in [0.3, 0.4) is 0 Å². The smallest absolute Gasteiger partial charge is 0.195 e. The number of aromatic amines is 1. The van der Waals surface area contributed by atoms with Crippen LogP contribution < -0.4 is 0 Å². The van der Waals surface area contributed by atoms with E-state index in [9.17, 15) is 9.90 Å². The van der Waals surface area contributed by atoms with E-state index in [2.05, 4.69) is 23.2 Å². The summed E-state index contributed by atoms with van der Waals surface area (Å²) >= 11 is 0. The molecule has 0 saturated heterocycles. The molecule has 0 fully saturated rings. The van der Waals surface area contributed by atoms with Crippen molar-refractivity contribution < 1.29 is 9.90 Å². The fraction of sp³-hybridized carbons (Fsp3) is 0.0455. The number of carbonyl (C=O) groups is 1. The summed E-state index contributed by atoms with van der Waals surface area (Å²) in [5.41, 5.74) is 2.35. The summed E-state index contributed by atoms with van der Waals surface area (Å²) in [6.45, 7) is 0. The largest absolute Gasteiger partial charge is 0.380 e. The molecule has 3 nitrogen and oxygen atoms in total. The van der Waals surface area contributed by atoms with Crippen LogP contribution in [0, 0.1) is 0 Å². The van der Waals surface area contributed by atoms with Crippen LogP contribution in [0.4, 0.5) is 0 Å². The average molecular weight is 329 g/mol. The number of Topliss-reactive ketones (excluding diaryl/α,β-unsaturated/α-hetero) is 1. The highest BCUT2D eigenvalue weighted by Gasteiger charge is 2.18. The van der Waals surface area contributed by atoms with E-state index < -0.39 is 6.10 Å². The van der Waals surface area contributed by atoms with Gasteiger partial charge in [-0.2, -0.15) is 0 Å². The molecular formula is C22H19NO2. The zero-order valence-electron chi connectivity index (χ0n) is 13.7. The Balaban J connectivity index is 0.000000170. The topological polar surface area (TPSA) is 53.1 Å². The Morgan fingerprint density at radius 1 is 0.760 bits per heavy atom. The van der Waals surface area contributed by atoms with Crippen molar-refractivity contribution in [2.75, 3.05) is 0 Å². The Labute approximate surface area is 146 Å². The summed E-state index contributed by atoms with van der Waals surface area (Å²) in [6.07, 6.45) is 0.869. The van der Waals surface area contributed by atoms with Crippen LogP contribution in [0.25, 0.3) is 10.9 Å². The van der Waals surface area contributed by atoms with Crippen molar-refractivity contribution in [2.24, 2.45) is 0 Å². The first-order valence-electron chi connectivity index (χ1n) is 8.10. The lowest BCUT2D eigenvalue weighted by Crippen LogP contribution is -2.11. The van der Waals surface area contributed by atoms with Gasteiger partial charge in [0.2, 0.25) is 0 Å². The average Bonchev–Trinajstić information content (AvgIpc) is 3.17. The lowest BCUT2D eigenvalue weighted by Gasteiger charge is -2.09. The highest BCUT2D eigenvalue weighted by molar-refractivity contribution is 5.99. The van der Waals surface area contributed by atoms with Gasteiger partial charge in [-0.1, -0.05) is 78.9 Å². The van der Waals surface area contributed by atoms with Crippen molar-refractivity contribution in [3.63, 3.8) is 0 Å². The van der Waals surface area contributed by atoms with Crippen molar-refractivity contribution in [1.29, 1.82) is 0 Å². The van der Waals surface area contributed by atoms with E-state index in [-0.39, 0.29) is 5.78 Å². The number of hydrogen-bond acceptors (Lipinski definition) is 2. The predicted octanol–water partition coefficient (Wildman–Crippen LogP) is 4.77. The minimum Gasteiger partial charge on any atom is -0.380 e. The first-order valence-corrected chi connectivity index (χ1v) is 8.10. The first-order chi connectivity index (χ1) is 12.3. The maximum Gasteiger partial charge on any atom is 0.195 e. The molecule has 2 N–H and O–H groups in total. The SMILES string of the molecule is O=C(c1ccccc1)C(O)c1ccccc1.c1ccc2[nH]ccc2c1. The number of para-hydroxylation sites is 1. The highest BCUT2D eigenvalue weighted by Crippen LogP contribution is 2.17. The molecule has 0 aliphatic carbocycles. The molecule has 3 aromatic carbocycles. The number of H-pyrrole nitrogens is 1. The third kappa shape index (κ3) is 4.22. The number of benzene rings is 3. The predicted molar refractivity (Wildman–Crippen MR) is 100 cm³/mol. The molecule has 0 bridgehead atoms. The van der Waals surface area contributed by atoms with Gasteiger partial charge >= 0.3 is 0 Å². The van der Waals surface area contributed by atoms with Gasteiger partial charge in [-0.05, 0) is 23.1 Å². The fourth-order valence-corrected chi connectivity index (χ4v) is 2.54. The Bertz CT molecular complexity index is 900. The van der Waals surface area contributed by atoms with E-state index in [1.165, 1.54) is 10.9 Å². The van der Waals surface area contributed by atoms with E-state index in [1.807, 2.05) is 30.5 Å². The van der Waals surface area contributed by atoms with Crippen molar-refractivity contribution >= 4 is 16.7 Å². The molecule has 4 aromatic rings. The summed E-state index contributed by atoms with van der Waals surface area (Å²) in [5, 5.41) is 11.2. The molecule has 1 atom stereocenters.